The first kappa shape index (κ1) is 18.4. The van der Waals surface area contributed by atoms with Crippen molar-refractivity contribution >= 4 is 30.0 Å². The third-order valence-corrected chi connectivity index (χ3v) is 2.52. The second-order valence-corrected chi connectivity index (χ2v) is 4.64. The maximum Gasteiger partial charge on any atom is 0.245 e. The Kier molecular flexibility index (Phi) is 7.86. The normalized spacial score (nSPS) is 11.4. The molecule has 1 aromatic rings. The summed E-state index contributed by atoms with van der Waals surface area (Å²) < 4.78 is 4.82. The van der Waals surface area contributed by atoms with E-state index in [1.165, 1.54) is 4.90 Å². The number of rotatable bonds is 6. The largest absolute Gasteiger partial charge is 0.360 e. The molecule has 2 amide bonds. The summed E-state index contributed by atoms with van der Waals surface area (Å²) in [5.74, 6) is 0.532. The molecule has 3 N–H and O–H groups in total. The summed E-state index contributed by atoms with van der Waals surface area (Å²) in [5, 5.41) is 6.19. The molecule has 0 aromatic carbocycles. The van der Waals surface area contributed by atoms with Crippen LogP contribution in [0.25, 0.3) is 0 Å². The zero-order valence-corrected chi connectivity index (χ0v) is 12.7. The van der Waals surface area contributed by atoms with Crippen LogP contribution in [0.2, 0.25) is 0 Å². The summed E-state index contributed by atoms with van der Waals surface area (Å²) in [7, 11) is 1.58. The van der Waals surface area contributed by atoms with Crippen molar-refractivity contribution in [2.45, 2.75) is 32.7 Å². The van der Waals surface area contributed by atoms with Crippen LogP contribution in [0.1, 0.15) is 25.5 Å². The van der Waals surface area contributed by atoms with Crippen LogP contribution < -0.4 is 11.1 Å². The van der Waals surface area contributed by atoms with Crippen molar-refractivity contribution in [3.05, 3.63) is 11.8 Å². The minimum atomic E-state index is -0.315. The molecule has 1 atom stereocenters. The van der Waals surface area contributed by atoms with Gasteiger partial charge in [-0.25, -0.2) is 0 Å². The number of aryl methyl sites for hydroxylation is 1. The zero-order chi connectivity index (χ0) is 14.4. The standard InChI is InChI=1S/C12H20N4O3.ClH/c1-8(13)4-5-12(18)16(3)7-11(17)14-10-6-9(2)19-15-10;/h6,8H,4-5,7,13H2,1-3H3,(H,14,15,17);1H. The molecule has 0 aliphatic carbocycles. The van der Waals surface area contributed by atoms with E-state index >= 15 is 0 Å². The number of nitrogens with zero attached hydrogens (tertiary/aromatic N) is 2. The molecule has 8 heteroatoms. The van der Waals surface area contributed by atoms with Crippen molar-refractivity contribution in [1.82, 2.24) is 10.1 Å². The van der Waals surface area contributed by atoms with Crippen LogP contribution in [0.15, 0.2) is 10.6 Å². The molecular formula is C12H21ClN4O3. The van der Waals surface area contributed by atoms with Crippen molar-refractivity contribution < 1.29 is 14.1 Å². The molecule has 1 heterocycles. The molecule has 1 unspecified atom stereocenters. The molecule has 0 spiro atoms. The Morgan fingerprint density at radius 1 is 1.55 bits per heavy atom. The van der Waals surface area contributed by atoms with Gasteiger partial charge in [-0.2, -0.15) is 0 Å². The SMILES string of the molecule is Cc1cc(NC(=O)CN(C)C(=O)CCC(C)N)no1.Cl. The first-order valence-electron chi connectivity index (χ1n) is 6.11. The molecule has 0 radical (unpaired) electrons. The number of amides is 2. The highest BCUT2D eigenvalue weighted by Crippen LogP contribution is 2.07. The van der Waals surface area contributed by atoms with Gasteiger partial charge >= 0.3 is 0 Å². The van der Waals surface area contributed by atoms with Crippen molar-refractivity contribution in [1.29, 1.82) is 0 Å². The third kappa shape index (κ3) is 6.53. The van der Waals surface area contributed by atoms with E-state index in [9.17, 15) is 9.59 Å². The number of halogens is 1. The lowest BCUT2D eigenvalue weighted by molar-refractivity contribution is -0.133. The second kappa shape index (κ2) is 8.55. The number of carbonyl (C=O) groups excluding carboxylic acids is 2. The Morgan fingerprint density at radius 2 is 2.20 bits per heavy atom. The number of hydrogen-bond donors (Lipinski definition) is 2. The van der Waals surface area contributed by atoms with Gasteiger partial charge in [-0.3, -0.25) is 9.59 Å². The first-order valence-corrected chi connectivity index (χ1v) is 6.11. The molecule has 0 fully saturated rings. The van der Waals surface area contributed by atoms with E-state index in [1.54, 1.807) is 20.0 Å². The smallest absolute Gasteiger partial charge is 0.245 e. The van der Waals surface area contributed by atoms with Gasteiger partial charge in [-0.15, -0.1) is 12.4 Å². The van der Waals surface area contributed by atoms with Gasteiger partial charge in [0.15, 0.2) is 5.82 Å². The monoisotopic (exact) mass is 304 g/mol. The van der Waals surface area contributed by atoms with Crippen LogP contribution in [0.5, 0.6) is 0 Å². The molecule has 0 aliphatic heterocycles. The Balaban J connectivity index is 0.00000361. The van der Waals surface area contributed by atoms with Crippen molar-refractivity contribution in [2.75, 3.05) is 18.9 Å². The van der Waals surface area contributed by atoms with E-state index in [1.807, 2.05) is 6.92 Å². The number of hydrogen-bond acceptors (Lipinski definition) is 5. The van der Waals surface area contributed by atoms with Gasteiger partial charge in [0, 0.05) is 25.6 Å². The fourth-order valence-electron chi connectivity index (χ4n) is 1.45. The quantitative estimate of drug-likeness (QED) is 0.814. The summed E-state index contributed by atoms with van der Waals surface area (Å²) in [4.78, 5) is 24.7. The molecule has 0 saturated heterocycles. The van der Waals surface area contributed by atoms with Crippen molar-refractivity contribution in [3.63, 3.8) is 0 Å². The van der Waals surface area contributed by atoms with E-state index in [0.29, 0.717) is 24.4 Å². The van der Waals surface area contributed by atoms with Gasteiger partial charge in [0.05, 0.1) is 6.54 Å². The van der Waals surface area contributed by atoms with Gasteiger partial charge in [-0.1, -0.05) is 5.16 Å². The molecule has 20 heavy (non-hydrogen) atoms. The second-order valence-electron chi connectivity index (χ2n) is 4.64. The van der Waals surface area contributed by atoms with Crippen molar-refractivity contribution in [3.8, 4) is 0 Å². The molecular weight excluding hydrogens is 284 g/mol. The Labute approximate surface area is 124 Å². The van der Waals surface area contributed by atoms with Gasteiger partial charge in [0.25, 0.3) is 0 Å². The summed E-state index contributed by atoms with van der Waals surface area (Å²) in [5.41, 5.74) is 5.58. The third-order valence-electron chi connectivity index (χ3n) is 2.52. The summed E-state index contributed by atoms with van der Waals surface area (Å²) in [6, 6.07) is 1.58. The number of nitrogens with one attached hydrogen (secondary N) is 1. The number of aromatic nitrogens is 1. The average molecular weight is 305 g/mol. The number of anilines is 1. The molecule has 1 rings (SSSR count). The maximum absolute atomic E-state index is 11.7. The van der Waals surface area contributed by atoms with Crippen LogP contribution in [0.4, 0.5) is 5.82 Å². The lowest BCUT2D eigenvalue weighted by Gasteiger charge is -2.16. The van der Waals surface area contributed by atoms with Crippen LogP contribution >= 0.6 is 12.4 Å². The minimum Gasteiger partial charge on any atom is -0.360 e. The van der Waals surface area contributed by atoms with Gasteiger partial charge in [0.2, 0.25) is 11.8 Å². The number of carbonyl (C=O) groups is 2. The topological polar surface area (TPSA) is 101 Å². The van der Waals surface area contributed by atoms with E-state index < -0.39 is 0 Å². The van der Waals surface area contributed by atoms with Crippen LogP contribution in [0.3, 0.4) is 0 Å². The van der Waals surface area contributed by atoms with E-state index in [-0.39, 0.29) is 36.8 Å². The van der Waals surface area contributed by atoms with Crippen LogP contribution in [0, 0.1) is 6.92 Å². The minimum absolute atomic E-state index is 0. The Hall–Kier alpha value is -1.60. The van der Waals surface area contributed by atoms with E-state index in [4.69, 9.17) is 10.3 Å². The molecule has 1 aromatic heterocycles. The Bertz CT molecular complexity index is 448. The zero-order valence-electron chi connectivity index (χ0n) is 11.9. The van der Waals surface area contributed by atoms with Crippen molar-refractivity contribution in [2.24, 2.45) is 5.73 Å². The molecule has 0 saturated carbocycles. The highest BCUT2D eigenvalue weighted by atomic mass is 35.5. The molecule has 0 aliphatic rings. The lowest BCUT2D eigenvalue weighted by Crippen LogP contribution is -2.35. The highest BCUT2D eigenvalue weighted by Gasteiger charge is 2.14. The van der Waals surface area contributed by atoms with E-state index in [0.717, 1.165) is 0 Å². The summed E-state index contributed by atoms with van der Waals surface area (Å²) in [6.45, 7) is 3.54. The number of nitrogens with two attached hydrogens (primary N) is 1. The molecule has 0 bridgehead atoms. The maximum atomic E-state index is 11.7. The summed E-state index contributed by atoms with van der Waals surface area (Å²) >= 11 is 0. The van der Waals surface area contributed by atoms with Gasteiger partial charge in [-0.05, 0) is 20.3 Å². The molecule has 114 valence electrons. The molecule has 7 nitrogen and oxygen atoms in total. The highest BCUT2D eigenvalue weighted by molar-refractivity contribution is 5.93. The van der Waals surface area contributed by atoms with Crippen LogP contribution in [-0.2, 0) is 9.59 Å². The van der Waals surface area contributed by atoms with Gasteiger partial charge < -0.3 is 20.5 Å². The Morgan fingerprint density at radius 3 is 2.70 bits per heavy atom. The summed E-state index contributed by atoms with van der Waals surface area (Å²) in [6.07, 6.45) is 0.942. The average Bonchev–Trinajstić information content (AvgIpc) is 2.71. The van der Waals surface area contributed by atoms with E-state index in [2.05, 4.69) is 10.5 Å². The fraction of sp³-hybridized carbons (Fsp3) is 0.583. The predicted molar refractivity (Wildman–Crippen MR) is 77.6 cm³/mol. The van der Waals surface area contributed by atoms with Crippen LogP contribution in [-0.4, -0.2) is 41.5 Å². The lowest BCUT2D eigenvalue weighted by atomic mass is 10.2. The predicted octanol–water partition coefficient (Wildman–Crippen LogP) is 0.929. The fourth-order valence-corrected chi connectivity index (χ4v) is 1.45. The first-order chi connectivity index (χ1) is 8.88. The number of likely N-dealkylation sites (N-methyl/N-ethyl adjacent to an activating group) is 1. The van der Waals surface area contributed by atoms with Gasteiger partial charge in [0.1, 0.15) is 5.76 Å².